The smallest absolute Gasteiger partial charge is 0.238 e. The van der Waals surface area contributed by atoms with Gasteiger partial charge in [0.15, 0.2) is 0 Å². The quantitative estimate of drug-likeness (QED) is 0.866. The minimum Gasteiger partial charge on any atom is -0.324 e. The fourth-order valence-corrected chi connectivity index (χ4v) is 3.48. The lowest BCUT2D eigenvalue weighted by atomic mass is 9.78. The minimum absolute atomic E-state index is 0.0643. The van der Waals surface area contributed by atoms with Gasteiger partial charge in [-0.3, -0.25) is 4.79 Å². The molecule has 0 heterocycles. The van der Waals surface area contributed by atoms with E-state index in [0.29, 0.717) is 18.5 Å². The summed E-state index contributed by atoms with van der Waals surface area (Å²) in [7, 11) is 0. The third kappa shape index (κ3) is 4.10. The summed E-state index contributed by atoms with van der Waals surface area (Å²) in [4.78, 5) is 12.3. The molecular formula is C19H30N2O. The van der Waals surface area contributed by atoms with Crippen LogP contribution in [0.4, 0.5) is 5.69 Å². The molecule has 1 aromatic rings. The Morgan fingerprint density at radius 2 is 2.05 bits per heavy atom. The van der Waals surface area contributed by atoms with E-state index in [4.69, 9.17) is 0 Å². The van der Waals surface area contributed by atoms with Crippen molar-refractivity contribution in [3.63, 3.8) is 0 Å². The maximum absolute atomic E-state index is 12.3. The number of anilines is 1. The van der Waals surface area contributed by atoms with Crippen LogP contribution >= 0.6 is 0 Å². The molecule has 0 spiro atoms. The second kappa shape index (κ2) is 7.77. The van der Waals surface area contributed by atoms with Crippen LogP contribution in [-0.2, 0) is 11.2 Å². The van der Waals surface area contributed by atoms with Crippen molar-refractivity contribution in [3.8, 4) is 0 Å². The lowest BCUT2D eigenvalue weighted by Crippen LogP contribution is -2.43. The van der Waals surface area contributed by atoms with E-state index in [1.807, 2.05) is 19.1 Å². The van der Waals surface area contributed by atoms with E-state index in [0.717, 1.165) is 23.6 Å². The summed E-state index contributed by atoms with van der Waals surface area (Å²) in [5.41, 5.74) is 3.32. The molecule has 22 heavy (non-hydrogen) atoms. The van der Waals surface area contributed by atoms with E-state index in [-0.39, 0.29) is 5.91 Å². The van der Waals surface area contributed by atoms with Gasteiger partial charge in [-0.15, -0.1) is 0 Å². The van der Waals surface area contributed by atoms with Crippen LogP contribution in [0.15, 0.2) is 18.2 Å². The van der Waals surface area contributed by atoms with Crippen LogP contribution < -0.4 is 10.6 Å². The van der Waals surface area contributed by atoms with E-state index < -0.39 is 0 Å². The number of carbonyl (C=O) groups excluding carboxylic acids is 1. The highest BCUT2D eigenvalue weighted by molar-refractivity contribution is 5.93. The fourth-order valence-electron chi connectivity index (χ4n) is 3.48. The molecule has 0 aliphatic heterocycles. The molecule has 1 aromatic carbocycles. The molecule has 0 radical (unpaired) electrons. The number of aryl methyl sites for hydroxylation is 2. The third-order valence-corrected chi connectivity index (χ3v) is 5.24. The van der Waals surface area contributed by atoms with Gasteiger partial charge in [-0.05, 0) is 42.7 Å². The summed E-state index contributed by atoms with van der Waals surface area (Å²) in [6, 6.07) is 6.65. The number of benzene rings is 1. The van der Waals surface area contributed by atoms with Crippen molar-refractivity contribution >= 4 is 11.6 Å². The first-order valence-electron chi connectivity index (χ1n) is 8.64. The molecular weight excluding hydrogens is 272 g/mol. The molecule has 1 aliphatic rings. The molecule has 0 unspecified atom stereocenters. The van der Waals surface area contributed by atoms with Gasteiger partial charge in [0.05, 0.1) is 6.54 Å². The standard InChI is InChI=1S/C19H30N2O/c1-5-16-10-6-9-14(3)19(16)21-18(22)12-20-17-11-7-8-13(2)15(17)4/h6,9-10,13,15,17,20H,5,7-8,11-12H2,1-4H3,(H,21,22)/t13-,15-,17-/m0/s1. The van der Waals surface area contributed by atoms with Crippen LogP contribution in [0, 0.1) is 18.8 Å². The molecule has 1 fully saturated rings. The predicted octanol–water partition coefficient (Wildman–Crippen LogP) is 3.91. The number of hydrogen-bond donors (Lipinski definition) is 2. The molecule has 2 rings (SSSR count). The lowest BCUT2D eigenvalue weighted by molar-refractivity contribution is -0.115. The van der Waals surface area contributed by atoms with Crippen molar-refractivity contribution in [1.29, 1.82) is 0 Å². The average molecular weight is 302 g/mol. The molecule has 2 N–H and O–H groups in total. The molecule has 122 valence electrons. The van der Waals surface area contributed by atoms with Gasteiger partial charge >= 0.3 is 0 Å². The first-order valence-corrected chi connectivity index (χ1v) is 8.64. The highest BCUT2D eigenvalue weighted by atomic mass is 16.1. The van der Waals surface area contributed by atoms with Crippen LogP contribution in [0.25, 0.3) is 0 Å². The van der Waals surface area contributed by atoms with Crippen LogP contribution in [0.5, 0.6) is 0 Å². The van der Waals surface area contributed by atoms with Gasteiger partial charge in [0.2, 0.25) is 5.91 Å². The summed E-state index contributed by atoms with van der Waals surface area (Å²) < 4.78 is 0. The Labute approximate surface area is 134 Å². The van der Waals surface area contributed by atoms with Crippen molar-refractivity contribution in [2.24, 2.45) is 11.8 Å². The van der Waals surface area contributed by atoms with Gasteiger partial charge in [-0.1, -0.05) is 51.8 Å². The molecule has 3 heteroatoms. The van der Waals surface area contributed by atoms with Crippen LogP contribution in [0.1, 0.15) is 51.2 Å². The largest absolute Gasteiger partial charge is 0.324 e. The predicted molar refractivity (Wildman–Crippen MR) is 93.2 cm³/mol. The molecule has 1 saturated carbocycles. The van der Waals surface area contributed by atoms with E-state index >= 15 is 0 Å². The lowest BCUT2D eigenvalue weighted by Gasteiger charge is -2.34. The maximum atomic E-state index is 12.3. The van der Waals surface area contributed by atoms with E-state index in [1.165, 1.54) is 24.8 Å². The third-order valence-electron chi connectivity index (χ3n) is 5.24. The zero-order valence-electron chi connectivity index (χ0n) is 14.4. The molecule has 1 amide bonds. The van der Waals surface area contributed by atoms with Crippen LogP contribution in [0.3, 0.4) is 0 Å². The number of para-hydroxylation sites is 1. The highest BCUT2D eigenvalue weighted by Gasteiger charge is 2.26. The zero-order valence-corrected chi connectivity index (χ0v) is 14.4. The fraction of sp³-hybridized carbons (Fsp3) is 0.632. The summed E-state index contributed by atoms with van der Waals surface area (Å²) in [6.45, 7) is 9.19. The first kappa shape index (κ1) is 17.0. The van der Waals surface area contributed by atoms with E-state index in [1.54, 1.807) is 0 Å². The Hall–Kier alpha value is -1.35. The summed E-state index contributed by atoms with van der Waals surface area (Å²) >= 11 is 0. The van der Waals surface area contributed by atoms with Gasteiger partial charge < -0.3 is 10.6 Å². The molecule has 3 nitrogen and oxygen atoms in total. The molecule has 0 aromatic heterocycles. The molecule has 3 atom stereocenters. The van der Waals surface area contributed by atoms with Crippen molar-refractivity contribution in [1.82, 2.24) is 5.32 Å². The number of rotatable bonds is 5. The Balaban J connectivity index is 1.91. The van der Waals surface area contributed by atoms with Gasteiger partial charge in [0.1, 0.15) is 0 Å². The maximum Gasteiger partial charge on any atom is 0.238 e. The zero-order chi connectivity index (χ0) is 16.1. The molecule has 1 aliphatic carbocycles. The Morgan fingerprint density at radius 1 is 1.27 bits per heavy atom. The van der Waals surface area contributed by atoms with Crippen molar-refractivity contribution in [2.45, 2.75) is 59.4 Å². The van der Waals surface area contributed by atoms with Gasteiger partial charge in [0.25, 0.3) is 0 Å². The van der Waals surface area contributed by atoms with E-state index in [2.05, 4.69) is 37.5 Å². The normalized spacial score (nSPS) is 25.0. The average Bonchev–Trinajstić information content (AvgIpc) is 2.50. The summed E-state index contributed by atoms with van der Waals surface area (Å²) in [5, 5.41) is 6.56. The Bertz CT molecular complexity index is 512. The second-order valence-corrected chi connectivity index (χ2v) is 6.77. The highest BCUT2D eigenvalue weighted by Crippen LogP contribution is 2.29. The first-order chi connectivity index (χ1) is 10.5. The van der Waals surface area contributed by atoms with Crippen LogP contribution in [-0.4, -0.2) is 18.5 Å². The number of carbonyl (C=O) groups is 1. The number of nitrogens with one attached hydrogen (secondary N) is 2. The van der Waals surface area contributed by atoms with Gasteiger partial charge in [0, 0.05) is 11.7 Å². The topological polar surface area (TPSA) is 41.1 Å². The van der Waals surface area contributed by atoms with Crippen LogP contribution in [0.2, 0.25) is 0 Å². The monoisotopic (exact) mass is 302 g/mol. The SMILES string of the molecule is CCc1cccc(C)c1NC(=O)CN[C@H]1CCC[C@H](C)[C@@H]1C. The number of hydrogen-bond acceptors (Lipinski definition) is 2. The van der Waals surface area contributed by atoms with Gasteiger partial charge in [-0.2, -0.15) is 0 Å². The minimum atomic E-state index is 0.0643. The number of amides is 1. The van der Waals surface area contributed by atoms with Crippen molar-refractivity contribution < 1.29 is 4.79 Å². The van der Waals surface area contributed by atoms with E-state index in [9.17, 15) is 4.79 Å². The summed E-state index contributed by atoms with van der Waals surface area (Å²) in [5.74, 6) is 1.46. The van der Waals surface area contributed by atoms with Crippen molar-refractivity contribution in [3.05, 3.63) is 29.3 Å². The molecule has 0 bridgehead atoms. The Kier molecular flexibility index (Phi) is 6.01. The van der Waals surface area contributed by atoms with Crippen molar-refractivity contribution in [2.75, 3.05) is 11.9 Å². The second-order valence-electron chi connectivity index (χ2n) is 6.77. The molecule has 0 saturated heterocycles. The Morgan fingerprint density at radius 3 is 2.77 bits per heavy atom. The van der Waals surface area contributed by atoms with Gasteiger partial charge in [-0.25, -0.2) is 0 Å². The summed E-state index contributed by atoms with van der Waals surface area (Å²) in [6.07, 6.45) is 4.70.